The summed E-state index contributed by atoms with van der Waals surface area (Å²) in [5, 5.41) is 9.02. The zero-order valence-corrected chi connectivity index (χ0v) is 8.32. The molecule has 14 heavy (non-hydrogen) atoms. The number of aliphatic hydroxyl groups excluding tert-OH is 1. The molecule has 0 saturated heterocycles. The molecule has 0 saturated carbocycles. The Hall–Kier alpha value is -1.13. The molecule has 0 bridgehead atoms. The molecule has 0 fully saturated rings. The summed E-state index contributed by atoms with van der Waals surface area (Å²) in [6.07, 6.45) is -1.03. The molecule has 4 heteroatoms. The Balaban J connectivity index is 2.63. The van der Waals surface area contributed by atoms with E-state index in [1.807, 2.05) is 6.92 Å². The van der Waals surface area contributed by atoms with Gasteiger partial charge in [-0.1, -0.05) is 0 Å². The molecule has 1 atom stereocenters. The topological polar surface area (TPSA) is 59.7 Å². The molecular formula is C10H14O4. The minimum atomic E-state index is -1.03. The third kappa shape index (κ3) is 2.68. The lowest BCUT2D eigenvalue weighted by molar-refractivity contribution is 0.0737. The van der Waals surface area contributed by atoms with Crippen LogP contribution in [0.1, 0.15) is 30.2 Å². The Morgan fingerprint density at radius 3 is 2.93 bits per heavy atom. The first-order chi connectivity index (χ1) is 6.65. The van der Waals surface area contributed by atoms with Crippen molar-refractivity contribution in [2.75, 3.05) is 6.61 Å². The first-order valence-electron chi connectivity index (χ1n) is 4.54. The summed E-state index contributed by atoms with van der Waals surface area (Å²) in [6, 6.07) is 3.22. The number of Topliss-reactive ketones (excluding diaryl/α,β-unsaturated/α-hetero) is 1. The molecule has 1 N–H and O–H groups in total. The summed E-state index contributed by atoms with van der Waals surface area (Å²) in [6.45, 7) is 4.24. The Labute approximate surface area is 82.5 Å². The number of hydrogen-bond donors (Lipinski definition) is 1. The van der Waals surface area contributed by atoms with E-state index < -0.39 is 11.9 Å². The van der Waals surface area contributed by atoms with Crippen molar-refractivity contribution >= 4 is 5.78 Å². The van der Waals surface area contributed by atoms with Crippen molar-refractivity contribution in [2.24, 2.45) is 0 Å². The minimum absolute atomic E-state index is 0.176. The van der Waals surface area contributed by atoms with Crippen LogP contribution in [-0.4, -0.2) is 23.6 Å². The Bertz CT molecular complexity index is 301. The zero-order valence-electron chi connectivity index (χ0n) is 8.32. The normalized spacial score (nSPS) is 12.8. The number of aliphatic hydroxyl groups is 1. The van der Waals surface area contributed by atoms with Gasteiger partial charge in [0.25, 0.3) is 0 Å². The van der Waals surface area contributed by atoms with Crippen molar-refractivity contribution in [2.45, 2.75) is 26.6 Å². The average Bonchev–Trinajstić information content (AvgIpc) is 2.61. The van der Waals surface area contributed by atoms with Crippen LogP contribution in [0, 0.1) is 0 Å². The number of ketones is 1. The highest BCUT2D eigenvalue weighted by Gasteiger charge is 2.15. The summed E-state index contributed by atoms with van der Waals surface area (Å²) in [7, 11) is 0. The van der Waals surface area contributed by atoms with Crippen LogP contribution in [0.15, 0.2) is 16.5 Å². The number of furan rings is 1. The van der Waals surface area contributed by atoms with Gasteiger partial charge in [0.1, 0.15) is 18.5 Å². The Kier molecular flexibility index (Phi) is 3.85. The summed E-state index contributed by atoms with van der Waals surface area (Å²) in [4.78, 5) is 11.2. The molecule has 0 aliphatic rings. The van der Waals surface area contributed by atoms with Crippen LogP contribution >= 0.6 is 0 Å². The van der Waals surface area contributed by atoms with Gasteiger partial charge in [-0.15, -0.1) is 0 Å². The first kappa shape index (κ1) is 10.9. The third-order valence-corrected chi connectivity index (χ3v) is 1.73. The maximum Gasteiger partial charge on any atom is 0.226 e. The van der Waals surface area contributed by atoms with Gasteiger partial charge in [0.2, 0.25) is 5.78 Å². The maximum atomic E-state index is 11.2. The largest absolute Gasteiger partial charge is 0.455 e. The fourth-order valence-electron chi connectivity index (χ4n) is 0.996. The number of rotatable bonds is 5. The van der Waals surface area contributed by atoms with Gasteiger partial charge in [0, 0.05) is 6.61 Å². The van der Waals surface area contributed by atoms with Crippen molar-refractivity contribution in [1.82, 2.24) is 0 Å². The lowest BCUT2D eigenvalue weighted by Gasteiger charge is -1.99. The molecule has 78 valence electrons. The van der Waals surface area contributed by atoms with Crippen LogP contribution in [0.4, 0.5) is 0 Å². The Morgan fingerprint density at radius 2 is 2.36 bits per heavy atom. The molecule has 1 rings (SSSR count). The summed E-state index contributed by atoms with van der Waals surface area (Å²) in [5.41, 5.74) is 0. The second-order valence-electron chi connectivity index (χ2n) is 2.94. The van der Waals surface area contributed by atoms with E-state index in [9.17, 15) is 4.79 Å². The highest BCUT2D eigenvalue weighted by atomic mass is 16.5. The smallest absolute Gasteiger partial charge is 0.226 e. The van der Waals surface area contributed by atoms with Crippen molar-refractivity contribution < 1.29 is 19.1 Å². The fourth-order valence-corrected chi connectivity index (χ4v) is 0.996. The van der Waals surface area contributed by atoms with Gasteiger partial charge >= 0.3 is 0 Å². The van der Waals surface area contributed by atoms with Crippen LogP contribution in [0.3, 0.4) is 0 Å². The molecule has 0 aliphatic heterocycles. The van der Waals surface area contributed by atoms with Crippen LogP contribution in [0.5, 0.6) is 0 Å². The zero-order chi connectivity index (χ0) is 10.6. The fraction of sp³-hybridized carbons (Fsp3) is 0.500. The summed E-state index contributed by atoms with van der Waals surface area (Å²) >= 11 is 0. The standard InChI is InChI=1S/C10H14O4/c1-3-13-6-8-4-5-9(14-8)10(12)7(2)11/h4-5,7,11H,3,6H2,1-2H3. The first-order valence-corrected chi connectivity index (χ1v) is 4.54. The van der Waals surface area contributed by atoms with Crippen LogP contribution in [0.25, 0.3) is 0 Å². The van der Waals surface area contributed by atoms with Crippen LogP contribution in [0.2, 0.25) is 0 Å². The molecule has 0 spiro atoms. The average molecular weight is 198 g/mol. The second-order valence-corrected chi connectivity index (χ2v) is 2.94. The van der Waals surface area contributed by atoms with E-state index in [1.165, 1.54) is 6.92 Å². The highest BCUT2D eigenvalue weighted by Crippen LogP contribution is 2.11. The lowest BCUT2D eigenvalue weighted by atomic mass is 10.2. The molecule has 1 aromatic heterocycles. The van der Waals surface area contributed by atoms with Crippen molar-refractivity contribution in [3.8, 4) is 0 Å². The van der Waals surface area contributed by atoms with E-state index in [1.54, 1.807) is 12.1 Å². The second kappa shape index (κ2) is 4.93. The molecule has 1 aromatic rings. The number of carbonyl (C=O) groups is 1. The number of hydrogen-bond acceptors (Lipinski definition) is 4. The van der Waals surface area contributed by atoms with E-state index in [-0.39, 0.29) is 5.76 Å². The van der Waals surface area contributed by atoms with E-state index >= 15 is 0 Å². The monoisotopic (exact) mass is 198 g/mol. The van der Waals surface area contributed by atoms with Gasteiger partial charge < -0.3 is 14.3 Å². The van der Waals surface area contributed by atoms with E-state index in [4.69, 9.17) is 14.3 Å². The summed E-state index contributed by atoms with van der Waals surface area (Å²) < 4.78 is 10.3. The van der Waals surface area contributed by atoms with Gasteiger partial charge in [-0.2, -0.15) is 0 Å². The number of carbonyl (C=O) groups excluding carboxylic acids is 1. The predicted molar refractivity (Wildman–Crippen MR) is 50.0 cm³/mol. The molecular weight excluding hydrogens is 184 g/mol. The SMILES string of the molecule is CCOCc1ccc(C(=O)C(C)O)o1. The Morgan fingerprint density at radius 1 is 1.64 bits per heavy atom. The molecule has 1 unspecified atom stereocenters. The number of ether oxygens (including phenoxy) is 1. The van der Waals surface area contributed by atoms with Gasteiger partial charge in [-0.05, 0) is 26.0 Å². The lowest BCUT2D eigenvalue weighted by Crippen LogP contribution is -2.15. The van der Waals surface area contributed by atoms with Gasteiger partial charge in [-0.25, -0.2) is 0 Å². The molecule has 4 nitrogen and oxygen atoms in total. The molecule has 0 aliphatic carbocycles. The summed E-state index contributed by atoms with van der Waals surface area (Å²) in [5.74, 6) is 0.360. The van der Waals surface area contributed by atoms with Gasteiger partial charge in [0.15, 0.2) is 5.76 Å². The third-order valence-electron chi connectivity index (χ3n) is 1.73. The van der Waals surface area contributed by atoms with Crippen molar-refractivity contribution in [3.63, 3.8) is 0 Å². The van der Waals surface area contributed by atoms with Crippen LogP contribution in [-0.2, 0) is 11.3 Å². The molecule has 0 radical (unpaired) electrons. The molecule has 1 heterocycles. The maximum absolute atomic E-state index is 11.2. The molecule has 0 amide bonds. The van der Waals surface area contributed by atoms with Gasteiger partial charge in [-0.3, -0.25) is 4.79 Å². The van der Waals surface area contributed by atoms with Crippen LogP contribution < -0.4 is 0 Å². The van der Waals surface area contributed by atoms with Gasteiger partial charge in [0.05, 0.1) is 0 Å². The van der Waals surface area contributed by atoms with E-state index in [0.717, 1.165) is 0 Å². The predicted octanol–water partition coefficient (Wildman–Crippen LogP) is 1.38. The van der Waals surface area contributed by atoms with Crippen molar-refractivity contribution in [3.05, 3.63) is 23.7 Å². The van der Waals surface area contributed by atoms with E-state index in [2.05, 4.69) is 0 Å². The van der Waals surface area contributed by atoms with E-state index in [0.29, 0.717) is 19.0 Å². The highest BCUT2D eigenvalue weighted by molar-refractivity contribution is 5.96. The molecule has 0 aromatic carbocycles. The quantitative estimate of drug-likeness (QED) is 0.726. The minimum Gasteiger partial charge on any atom is -0.455 e. The van der Waals surface area contributed by atoms with Crippen molar-refractivity contribution in [1.29, 1.82) is 0 Å².